The molecule has 92 valence electrons. The number of aromatic nitrogens is 2. The largest absolute Gasteiger partial charge is 0.348 e. The predicted molar refractivity (Wildman–Crippen MR) is 76.1 cm³/mol. The highest BCUT2D eigenvalue weighted by molar-refractivity contribution is 5.88. The topological polar surface area (TPSA) is 17.8 Å². The van der Waals surface area contributed by atoms with E-state index in [-0.39, 0.29) is 0 Å². The third-order valence-corrected chi connectivity index (χ3v) is 2.24. The van der Waals surface area contributed by atoms with Gasteiger partial charge < -0.3 is 4.57 Å². The van der Waals surface area contributed by atoms with Gasteiger partial charge >= 0.3 is 0 Å². The van der Waals surface area contributed by atoms with Crippen LogP contribution in [0.1, 0.15) is 38.8 Å². The zero-order chi connectivity index (χ0) is 13.4. The smallest absolute Gasteiger partial charge is 0.0679 e. The Kier molecular flexibility index (Phi) is 6.74. The van der Waals surface area contributed by atoms with Crippen LogP contribution in [0.3, 0.4) is 0 Å². The average Bonchev–Trinajstić information content (AvgIpc) is 2.73. The molecule has 2 heteroatoms. The summed E-state index contributed by atoms with van der Waals surface area (Å²) in [6.07, 6.45) is 11.0. The first-order chi connectivity index (χ1) is 8.24. The van der Waals surface area contributed by atoms with Gasteiger partial charge in [0.05, 0.1) is 17.3 Å². The van der Waals surface area contributed by atoms with E-state index >= 15 is 0 Å². The third kappa shape index (κ3) is 3.10. The van der Waals surface area contributed by atoms with Gasteiger partial charge in [-0.3, -0.25) is 4.98 Å². The van der Waals surface area contributed by atoms with Crippen molar-refractivity contribution in [1.29, 1.82) is 0 Å². The molecule has 0 atom stereocenters. The zero-order valence-corrected chi connectivity index (χ0v) is 11.7. The maximum Gasteiger partial charge on any atom is 0.0679 e. The van der Waals surface area contributed by atoms with E-state index in [1.54, 1.807) is 0 Å². The van der Waals surface area contributed by atoms with Gasteiger partial charge in [-0.1, -0.05) is 33.6 Å². The van der Waals surface area contributed by atoms with E-state index in [9.17, 15) is 0 Å². The van der Waals surface area contributed by atoms with E-state index < -0.39 is 0 Å². The summed E-state index contributed by atoms with van der Waals surface area (Å²) in [6, 6.07) is 0. The first-order valence-electron chi connectivity index (χ1n) is 6.10. The molecule has 2 rings (SSSR count). The quantitative estimate of drug-likeness (QED) is 0.627. The molecule has 0 amide bonds. The molecule has 0 aliphatic rings. The van der Waals surface area contributed by atoms with Gasteiger partial charge in [0.1, 0.15) is 0 Å². The van der Waals surface area contributed by atoms with E-state index in [4.69, 9.17) is 6.42 Å². The average molecular weight is 230 g/mol. The van der Waals surface area contributed by atoms with E-state index in [0.717, 1.165) is 22.0 Å². The Morgan fingerprint density at radius 2 is 1.76 bits per heavy atom. The first-order valence-corrected chi connectivity index (χ1v) is 6.10. The summed E-state index contributed by atoms with van der Waals surface area (Å²) in [6.45, 7) is 10.0. The highest BCUT2D eigenvalue weighted by atomic mass is 14.9. The van der Waals surface area contributed by atoms with Crippen molar-refractivity contribution < 1.29 is 0 Å². The van der Waals surface area contributed by atoms with E-state index in [0.29, 0.717) is 0 Å². The van der Waals surface area contributed by atoms with Crippen LogP contribution in [-0.2, 0) is 7.05 Å². The molecule has 0 radical (unpaired) electrons. The minimum atomic E-state index is 0.942. The highest BCUT2D eigenvalue weighted by Crippen LogP contribution is 2.21. The Morgan fingerprint density at radius 1 is 1.18 bits per heavy atom. The molecule has 0 saturated heterocycles. The van der Waals surface area contributed by atoms with Gasteiger partial charge in [0.15, 0.2) is 0 Å². The Hall–Kier alpha value is -1.75. The monoisotopic (exact) mass is 230 g/mol. The number of nitrogens with zero attached hydrogens (tertiary/aromatic N) is 2. The van der Waals surface area contributed by atoms with E-state index in [2.05, 4.69) is 10.9 Å². The second-order valence-electron chi connectivity index (χ2n) is 3.15. The van der Waals surface area contributed by atoms with Gasteiger partial charge in [-0.15, -0.1) is 6.42 Å². The maximum atomic E-state index is 5.41. The van der Waals surface area contributed by atoms with Gasteiger partial charge in [-0.25, -0.2) is 0 Å². The lowest BCUT2D eigenvalue weighted by Crippen LogP contribution is -1.85. The molecule has 0 aromatic carbocycles. The minimum Gasteiger partial charge on any atom is -0.348 e. The van der Waals surface area contributed by atoms with Gasteiger partial charge in [-0.05, 0) is 12.5 Å². The normalized spacial score (nSPS) is 8.53. The molecule has 0 spiro atoms. The summed E-state index contributed by atoms with van der Waals surface area (Å²) >= 11 is 0. The minimum absolute atomic E-state index is 0.942. The molecule has 0 bridgehead atoms. The van der Waals surface area contributed by atoms with Crippen molar-refractivity contribution in [2.75, 3.05) is 0 Å². The van der Waals surface area contributed by atoms with Crippen LogP contribution >= 0.6 is 0 Å². The van der Waals surface area contributed by atoms with Crippen molar-refractivity contribution in [3.63, 3.8) is 0 Å². The molecular formula is C15H22N2. The van der Waals surface area contributed by atoms with Crippen LogP contribution in [0.4, 0.5) is 0 Å². The number of fused-ring (bicyclic) bond motifs is 1. The predicted octanol–water partition coefficient (Wildman–Crippen LogP) is 3.92. The zero-order valence-electron chi connectivity index (χ0n) is 11.7. The fraction of sp³-hybridized carbons (Fsp3) is 0.400. The molecule has 0 unspecified atom stereocenters. The van der Waals surface area contributed by atoms with Crippen LogP contribution in [0.5, 0.6) is 0 Å². The van der Waals surface area contributed by atoms with Crippen LogP contribution in [-0.4, -0.2) is 9.55 Å². The second kappa shape index (κ2) is 7.51. The molecule has 0 fully saturated rings. The molecule has 17 heavy (non-hydrogen) atoms. The van der Waals surface area contributed by atoms with Gasteiger partial charge in [0, 0.05) is 24.8 Å². The van der Waals surface area contributed by atoms with Gasteiger partial charge in [0.2, 0.25) is 0 Å². The molecule has 0 saturated carbocycles. The van der Waals surface area contributed by atoms with Crippen molar-refractivity contribution >= 4 is 10.9 Å². The van der Waals surface area contributed by atoms with Crippen molar-refractivity contribution in [1.82, 2.24) is 9.55 Å². The molecule has 2 aromatic heterocycles. The van der Waals surface area contributed by atoms with Crippen LogP contribution in [0, 0.1) is 19.3 Å². The number of rotatable bonds is 0. The first kappa shape index (κ1) is 15.2. The summed E-state index contributed by atoms with van der Waals surface area (Å²) < 4.78 is 2.00. The molecule has 0 aliphatic carbocycles. The Balaban J connectivity index is 0.000000581. The summed E-state index contributed by atoms with van der Waals surface area (Å²) in [7, 11) is 1.98. The van der Waals surface area contributed by atoms with Crippen LogP contribution in [0.15, 0.2) is 18.6 Å². The number of pyridine rings is 1. The van der Waals surface area contributed by atoms with Crippen LogP contribution in [0.2, 0.25) is 0 Å². The van der Waals surface area contributed by atoms with Gasteiger partial charge in [-0.2, -0.15) is 0 Å². The van der Waals surface area contributed by atoms with Crippen molar-refractivity contribution in [3.8, 4) is 12.3 Å². The molecule has 2 nitrogen and oxygen atoms in total. The molecule has 0 N–H and O–H groups in total. The third-order valence-electron chi connectivity index (χ3n) is 2.24. The van der Waals surface area contributed by atoms with E-state index in [1.165, 1.54) is 0 Å². The Bertz CT molecular complexity index is 501. The number of hydrogen-bond acceptors (Lipinski definition) is 1. The number of terminal acetylenes is 1. The lowest BCUT2D eigenvalue weighted by molar-refractivity contribution is 0.963. The molecular weight excluding hydrogens is 208 g/mol. The molecule has 2 aromatic rings. The van der Waals surface area contributed by atoms with Crippen molar-refractivity contribution in [3.05, 3.63) is 29.7 Å². The van der Waals surface area contributed by atoms with Crippen molar-refractivity contribution in [2.45, 2.75) is 34.6 Å². The Morgan fingerprint density at radius 3 is 2.29 bits per heavy atom. The van der Waals surface area contributed by atoms with E-state index in [1.807, 2.05) is 64.8 Å². The lowest BCUT2D eigenvalue weighted by atomic mass is 10.1. The Labute approximate surface area is 105 Å². The maximum absolute atomic E-state index is 5.41. The van der Waals surface area contributed by atoms with Crippen LogP contribution < -0.4 is 0 Å². The van der Waals surface area contributed by atoms with Crippen LogP contribution in [0.25, 0.3) is 10.9 Å². The number of aryl methyl sites for hydroxylation is 2. The molecule has 2 heterocycles. The molecule has 0 aliphatic heterocycles. The summed E-state index contributed by atoms with van der Waals surface area (Å²) in [5.74, 6) is 2.68. The lowest BCUT2D eigenvalue weighted by Gasteiger charge is -1.96. The fourth-order valence-electron chi connectivity index (χ4n) is 1.61. The second-order valence-corrected chi connectivity index (χ2v) is 3.15. The summed E-state index contributed by atoms with van der Waals surface area (Å²) in [5, 5.41) is 1.14. The highest BCUT2D eigenvalue weighted by Gasteiger charge is 2.06. The standard InChI is InChI=1S/C11H10N2.2C2H6/c1-4-9-7-13(3)10-6-12-5-8(2)11(9)10;2*1-2/h1,5-7H,2-3H3;2*1-2H3. The fourth-order valence-corrected chi connectivity index (χ4v) is 1.61. The summed E-state index contributed by atoms with van der Waals surface area (Å²) in [5.41, 5.74) is 3.16. The SMILES string of the molecule is C#Cc1cn(C)c2cncc(C)c12.CC.CC. The summed E-state index contributed by atoms with van der Waals surface area (Å²) in [4.78, 5) is 4.13. The van der Waals surface area contributed by atoms with Gasteiger partial charge in [0.25, 0.3) is 0 Å². The number of hydrogen-bond donors (Lipinski definition) is 0. The van der Waals surface area contributed by atoms with Crippen molar-refractivity contribution in [2.24, 2.45) is 7.05 Å².